The molecule has 0 amide bonds. The predicted octanol–water partition coefficient (Wildman–Crippen LogP) is 5.43. The van der Waals surface area contributed by atoms with Crippen LogP contribution in [0.4, 0.5) is 0 Å². The lowest BCUT2D eigenvalue weighted by Crippen LogP contribution is -2.02. The summed E-state index contributed by atoms with van der Waals surface area (Å²) in [6, 6.07) is 18.3. The Kier molecular flexibility index (Phi) is 4.38. The van der Waals surface area contributed by atoms with Crippen molar-refractivity contribution in [3.8, 4) is 28.5 Å². The van der Waals surface area contributed by atoms with Crippen molar-refractivity contribution < 1.29 is 9.47 Å². The molecule has 25 heavy (non-hydrogen) atoms. The average Bonchev–Trinajstić information content (AvgIpc) is 2.68. The third-order valence-corrected chi connectivity index (χ3v) is 4.70. The largest absolute Gasteiger partial charge is 0.496 e. The molecule has 3 nitrogen and oxygen atoms in total. The maximum Gasteiger partial charge on any atom is 0.227 e. The number of fused-ring (bicyclic) bond motifs is 1. The van der Waals surface area contributed by atoms with E-state index in [0.29, 0.717) is 5.88 Å². The van der Waals surface area contributed by atoms with E-state index in [4.69, 9.17) is 9.47 Å². The first-order valence-corrected chi connectivity index (χ1v) is 8.73. The topological polar surface area (TPSA) is 31.4 Å². The van der Waals surface area contributed by atoms with Crippen molar-refractivity contribution >= 4 is 0 Å². The second-order valence-electron chi connectivity index (χ2n) is 6.30. The Hall–Kier alpha value is -2.81. The zero-order valence-electron chi connectivity index (χ0n) is 14.4. The Morgan fingerprint density at radius 3 is 2.52 bits per heavy atom. The van der Waals surface area contributed by atoms with Crippen LogP contribution in [0.1, 0.15) is 24.0 Å². The fourth-order valence-corrected chi connectivity index (χ4v) is 3.43. The van der Waals surface area contributed by atoms with Gasteiger partial charge in [0.25, 0.3) is 0 Å². The summed E-state index contributed by atoms with van der Waals surface area (Å²) in [5, 5.41) is 0. The number of rotatable bonds is 4. The van der Waals surface area contributed by atoms with Gasteiger partial charge in [0.1, 0.15) is 11.5 Å². The molecule has 1 aromatic heterocycles. The maximum atomic E-state index is 6.16. The molecule has 4 rings (SSSR count). The number of aryl methyl sites for hydroxylation is 2. The van der Waals surface area contributed by atoms with Gasteiger partial charge in [-0.05, 0) is 67.1 Å². The van der Waals surface area contributed by atoms with E-state index in [-0.39, 0.29) is 0 Å². The third kappa shape index (κ3) is 3.22. The summed E-state index contributed by atoms with van der Waals surface area (Å²) >= 11 is 0. The van der Waals surface area contributed by atoms with Crippen LogP contribution >= 0.6 is 0 Å². The monoisotopic (exact) mass is 331 g/mol. The van der Waals surface area contributed by atoms with Gasteiger partial charge in [0.05, 0.1) is 7.11 Å². The summed E-state index contributed by atoms with van der Waals surface area (Å²) < 4.78 is 11.7. The van der Waals surface area contributed by atoms with E-state index in [0.717, 1.165) is 29.0 Å². The van der Waals surface area contributed by atoms with E-state index in [1.165, 1.54) is 30.4 Å². The molecule has 3 aromatic rings. The van der Waals surface area contributed by atoms with Crippen molar-refractivity contribution in [2.75, 3.05) is 7.11 Å². The van der Waals surface area contributed by atoms with Gasteiger partial charge in [-0.3, -0.25) is 0 Å². The minimum atomic E-state index is 0.600. The summed E-state index contributed by atoms with van der Waals surface area (Å²) in [7, 11) is 1.68. The number of hydrogen-bond acceptors (Lipinski definition) is 3. The third-order valence-electron chi connectivity index (χ3n) is 4.70. The van der Waals surface area contributed by atoms with Crippen LogP contribution in [-0.2, 0) is 12.8 Å². The highest BCUT2D eigenvalue weighted by Crippen LogP contribution is 2.37. The molecule has 2 aromatic carbocycles. The highest BCUT2D eigenvalue weighted by Gasteiger charge is 2.14. The Morgan fingerprint density at radius 2 is 1.64 bits per heavy atom. The fourth-order valence-electron chi connectivity index (χ4n) is 3.43. The van der Waals surface area contributed by atoms with E-state index < -0.39 is 0 Å². The van der Waals surface area contributed by atoms with Gasteiger partial charge in [0, 0.05) is 17.3 Å². The Bertz CT molecular complexity index is 889. The molecule has 3 heteroatoms. The summed E-state index contributed by atoms with van der Waals surface area (Å²) in [5.74, 6) is 2.25. The molecule has 0 atom stereocenters. The van der Waals surface area contributed by atoms with Crippen LogP contribution in [0.3, 0.4) is 0 Å². The molecule has 1 heterocycles. The minimum Gasteiger partial charge on any atom is -0.496 e. The summed E-state index contributed by atoms with van der Waals surface area (Å²) in [4.78, 5) is 4.46. The van der Waals surface area contributed by atoms with Crippen molar-refractivity contribution in [2.24, 2.45) is 0 Å². The summed E-state index contributed by atoms with van der Waals surface area (Å²) in [6.07, 6.45) is 6.60. The highest BCUT2D eigenvalue weighted by molar-refractivity contribution is 5.74. The molecule has 0 saturated heterocycles. The number of aromatic nitrogens is 1. The van der Waals surface area contributed by atoms with Crippen LogP contribution in [0.15, 0.2) is 60.8 Å². The molecule has 0 N–H and O–H groups in total. The van der Waals surface area contributed by atoms with Crippen LogP contribution in [-0.4, -0.2) is 12.1 Å². The fraction of sp³-hybridized carbons (Fsp3) is 0.227. The minimum absolute atomic E-state index is 0.600. The quantitative estimate of drug-likeness (QED) is 0.639. The lowest BCUT2D eigenvalue weighted by Gasteiger charge is -2.17. The van der Waals surface area contributed by atoms with Crippen LogP contribution in [0.2, 0.25) is 0 Å². The molecule has 0 spiro atoms. The van der Waals surface area contributed by atoms with E-state index in [1.54, 1.807) is 13.3 Å². The molecule has 126 valence electrons. The van der Waals surface area contributed by atoms with Crippen molar-refractivity contribution in [3.05, 3.63) is 71.9 Å². The van der Waals surface area contributed by atoms with Gasteiger partial charge < -0.3 is 9.47 Å². The van der Waals surface area contributed by atoms with Gasteiger partial charge in [-0.15, -0.1) is 0 Å². The standard InChI is InChI=1S/C22H21NO2/c1-24-21-11-5-4-9-19(21)20-10-6-14-23-22(20)25-18-13-12-16-7-2-3-8-17(16)15-18/h4-6,9-15H,2-3,7-8H2,1H3. The first kappa shape index (κ1) is 15.7. The summed E-state index contributed by atoms with van der Waals surface area (Å²) in [5.41, 5.74) is 4.76. The van der Waals surface area contributed by atoms with Crippen molar-refractivity contribution in [1.82, 2.24) is 4.98 Å². The number of nitrogens with zero attached hydrogens (tertiary/aromatic N) is 1. The SMILES string of the molecule is COc1ccccc1-c1cccnc1Oc1ccc2c(c1)CCCC2. The molecule has 0 bridgehead atoms. The van der Waals surface area contributed by atoms with Crippen molar-refractivity contribution in [2.45, 2.75) is 25.7 Å². The lowest BCUT2D eigenvalue weighted by atomic mass is 9.92. The first-order valence-electron chi connectivity index (χ1n) is 8.73. The Labute approximate surface area is 148 Å². The van der Waals surface area contributed by atoms with E-state index in [9.17, 15) is 0 Å². The van der Waals surface area contributed by atoms with Crippen LogP contribution in [0.5, 0.6) is 17.4 Å². The molecule has 0 unspecified atom stereocenters. The van der Waals surface area contributed by atoms with Gasteiger partial charge in [-0.1, -0.05) is 24.3 Å². The molecular formula is C22H21NO2. The first-order chi connectivity index (χ1) is 12.3. The number of para-hydroxylation sites is 1. The number of methoxy groups -OCH3 is 1. The smallest absolute Gasteiger partial charge is 0.227 e. The lowest BCUT2D eigenvalue weighted by molar-refractivity contribution is 0.415. The van der Waals surface area contributed by atoms with Crippen molar-refractivity contribution in [3.63, 3.8) is 0 Å². The highest BCUT2D eigenvalue weighted by atomic mass is 16.5. The van der Waals surface area contributed by atoms with Crippen LogP contribution < -0.4 is 9.47 Å². The Balaban J connectivity index is 1.70. The van der Waals surface area contributed by atoms with Crippen LogP contribution in [0, 0.1) is 0 Å². The van der Waals surface area contributed by atoms with E-state index >= 15 is 0 Å². The zero-order chi connectivity index (χ0) is 17.1. The predicted molar refractivity (Wildman–Crippen MR) is 99.4 cm³/mol. The molecule has 0 aliphatic heterocycles. The van der Waals surface area contributed by atoms with Crippen LogP contribution in [0.25, 0.3) is 11.1 Å². The molecule has 1 aliphatic carbocycles. The summed E-state index contributed by atoms with van der Waals surface area (Å²) in [6.45, 7) is 0. The number of benzene rings is 2. The molecule has 0 saturated carbocycles. The second-order valence-corrected chi connectivity index (χ2v) is 6.30. The number of hydrogen-bond donors (Lipinski definition) is 0. The molecule has 0 radical (unpaired) electrons. The maximum absolute atomic E-state index is 6.16. The van der Waals surface area contributed by atoms with E-state index in [1.807, 2.05) is 42.5 Å². The second kappa shape index (κ2) is 6.98. The molecule has 1 aliphatic rings. The molecule has 0 fully saturated rings. The average molecular weight is 331 g/mol. The molecular weight excluding hydrogens is 310 g/mol. The normalized spacial score (nSPS) is 13.2. The zero-order valence-corrected chi connectivity index (χ0v) is 14.4. The van der Waals surface area contributed by atoms with Gasteiger partial charge in [0.2, 0.25) is 5.88 Å². The van der Waals surface area contributed by atoms with Crippen molar-refractivity contribution in [1.29, 1.82) is 0 Å². The van der Waals surface area contributed by atoms with Gasteiger partial charge in [0.15, 0.2) is 0 Å². The van der Waals surface area contributed by atoms with Gasteiger partial charge in [-0.25, -0.2) is 4.98 Å². The number of ether oxygens (including phenoxy) is 2. The van der Waals surface area contributed by atoms with Gasteiger partial charge >= 0.3 is 0 Å². The Morgan fingerprint density at radius 1 is 0.840 bits per heavy atom. The number of pyridine rings is 1. The van der Waals surface area contributed by atoms with E-state index in [2.05, 4.69) is 17.1 Å². The van der Waals surface area contributed by atoms with Gasteiger partial charge in [-0.2, -0.15) is 0 Å².